The molecule has 0 heterocycles. The average Bonchev–Trinajstić information content (AvgIpc) is 2.27. The van der Waals surface area contributed by atoms with Gasteiger partial charge in [0, 0.05) is 11.6 Å². The van der Waals surface area contributed by atoms with Crippen LogP contribution in [0.25, 0.3) is 6.08 Å². The SMILES string of the molecule is C=COC(=O)C=Cc1ccc(C=O)cc1. The number of ether oxygens (including phenoxy) is 1. The summed E-state index contributed by atoms with van der Waals surface area (Å²) in [6.45, 7) is 3.26. The molecule has 1 aromatic rings. The van der Waals surface area contributed by atoms with Crippen molar-refractivity contribution in [2.45, 2.75) is 0 Å². The number of carbonyl (C=O) groups is 2. The lowest BCUT2D eigenvalue weighted by molar-refractivity contribution is -0.132. The molecule has 0 amide bonds. The van der Waals surface area contributed by atoms with Gasteiger partial charge in [-0.25, -0.2) is 4.79 Å². The van der Waals surface area contributed by atoms with Gasteiger partial charge < -0.3 is 4.74 Å². The van der Waals surface area contributed by atoms with Crippen LogP contribution in [-0.4, -0.2) is 12.3 Å². The summed E-state index contributed by atoms with van der Waals surface area (Å²) in [5.74, 6) is -0.482. The number of hydrogen-bond donors (Lipinski definition) is 0. The standard InChI is InChI=1S/C12H10O3/c1-2-15-12(14)8-7-10-3-5-11(9-13)6-4-10/h2-9H,1H2. The highest BCUT2D eigenvalue weighted by molar-refractivity contribution is 5.87. The summed E-state index contributed by atoms with van der Waals surface area (Å²) in [7, 11) is 0. The van der Waals surface area contributed by atoms with Gasteiger partial charge in [-0.3, -0.25) is 4.79 Å². The van der Waals surface area contributed by atoms with Gasteiger partial charge >= 0.3 is 5.97 Å². The maximum Gasteiger partial charge on any atom is 0.335 e. The van der Waals surface area contributed by atoms with Gasteiger partial charge in [0.2, 0.25) is 0 Å². The van der Waals surface area contributed by atoms with Crippen molar-refractivity contribution in [3.63, 3.8) is 0 Å². The van der Waals surface area contributed by atoms with Crippen molar-refractivity contribution in [1.82, 2.24) is 0 Å². The highest BCUT2D eigenvalue weighted by atomic mass is 16.5. The van der Waals surface area contributed by atoms with Gasteiger partial charge in [0.05, 0.1) is 6.26 Å². The Kier molecular flexibility index (Phi) is 4.04. The molecular weight excluding hydrogens is 192 g/mol. The lowest BCUT2D eigenvalue weighted by Gasteiger charge is -1.94. The van der Waals surface area contributed by atoms with Gasteiger partial charge in [-0.05, 0) is 11.6 Å². The van der Waals surface area contributed by atoms with E-state index < -0.39 is 5.97 Å². The van der Waals surface area contributed by atoms with E-state index in [4.69, 9.17) is 0 Å². The molecule has 0 saturated carbocycles. The molecule has 0 bridgehead atoms. The molecule has 0 fully saturated rings. The Morgan fingerprint density at radius 2 is 1.80 bits per heavy atom. The molecule has 1 aromatic carbocycles. The van der Waals surface area contributed by atoms with E-state index in [2.05, 4.69) is 11.3 Å². The summed E-state index contributed by atoms with van der Waals surface area (Å²) in [6, 6.07) is 6.82. The van der Waals surface area contributed by atoms with Crippen LogP contribution in [0, 0.1) is 0 Å². The van der Waals surface area contributed by atoms with Crippen molar-refractivity contribution in [3.05, 3.63) is 54.3 Å². The molecule has 76 valence electrons. The van der Waals surface area contributed by atoms with Crippen molar-refractivity contribution < 1.29 is 14.3 Å². The van der Waals surface area contributed by atoms with Gasteiger partial charge in [-0.2, -0.15) is 0 Å². The highest BCUT2D eigenvalue weighted by Gasteiger charge is 1.93. The van der Waals surface area contributed by atoms with Crippen LogP contribution in [-0.2, 0) is 9.53 Å². The molecule has 3 heteroatoms. The third-order valence-electron chi connectivity index (χ3n) is 1.68. The van der Waals surface area contributed by atoms with Crippen molar-refractivity contribution >= 4 is 18.3 Å². The first-order chi connectivity index (χ1) is 7.26. The lowest BCUT2D eigenvalue weighted by atomic mass is 10.1. The second-order valence-electron chi connectivity index (χ2n) is 2.72. The average molecular weight is 202 g/mol. The number of benzene rings is 1. The van der Waals surface area contributed by atoms with Gasteiger partial charge in [0.25, 0.3) is 0 Å². The molecular formula is C12H10O3. The van der Waals surface area contributed by atoms with Crippen LogP contribution in [0.1, 0.15) is 15.9 Å². The molecule has 0 atom stereocenters. The fourth-order valence-corrected chi connectivity index (χ4v) is 0.971. The molecule has 0 saturated heterocycles. The third kappa shape index (κ3) is 3.60. The quantitative estimate of drug-likeness (QED) is 0.325. The lowest BCUT2D eigenvalue weighted by Crippen LogP contribution is -1.92. The first kappa shape index (κ1) is 10.9. The zero-order valence-electron chi connectivity index (χ0n) is 8.05. The van der Waals surface area contributed by atoms with Crippen LogP contribution >= 0.6 is 0 Å². The molecule has 0 aromatic heterocycles. The van der Waals surface area contributed by atoms with Crippen molar-refractivity contribution in [2.24, 2.45) is 0 Å². The van der Waals surface area contributed by atoms with Crippen LogP contribution in [0.5, 0.6) is 0 Å². The van der Waals surface area contributed by atoms with E-state index in [1.54, 1.807) is 30.3 Å². The fraction of sp³-hybridized carbons (Fsp3) is 0. The molecule has 0 aliphatic carbocycles. The van der Waals surface area contributed by atoms with E-state index in [-0.39, 0.29) is 0 Å². The van der Waals surface area contributed by atoms with E-state index in [1.807, 2.05) is 0 Å². The van der Waals surface area contributed by atoms with E-state index in [0.29, 0.717) is 5.56 Å². The minimum absolute atomic E-state index is 0.482. The summed E-state index contributed by atoms with van der Waals surface area (Å²) in [5, 5.41) is 0. The molecule has 0 aliphatic heterocycles. The summed E-state index contributed by atoms with van der Waals surface area (Å²) in [4.78, 5) is 21.3. The predicted molar refractivity (Wildman–Crippen MR) is 57.2 cm³/mol. The molecule has 15 heavy (non-hydrogen) atoms. The molecule has 0 N–H and O–H groups in total. The molecule has 0 aliphatic rings. The largest absolute Gasteiger partial charge is 0.432 e. The first-order valence-corrected chi connectivity index (χ1v) is 4.31. The van der Waals surface area contributed by atoms with Crippen molar-refractivity contribution in [1.29, 1.82) is 0 Å². The predicted octanol–water partition coefficient (Wildman–Crippen LogP) is 2.20. The minimum Gasteiger partial charge on any atom is -0.432 e. The van der Waals surface area contributed by atoms with E-state index in [0.717, 1.165) is 18.1 Å². The second kappa shape index (κ2) is 5.54. The Morgan fingerprint density at radius 1 is 1.20 bits per heavy atom. The smallest absolute Gasteiger partial charge is 0.335 e. The van der Waals surface area contributed by atoms with Crippen LogP contribution in [0.15, 0.2) is 43.2 Å². The normalized spacial score (nSPS) is 9.87. The van der Waals surface area contributed by atoms with Gasteiger partial charge in [0.15, 0.2) is 0 Å². The Hall–Kier alpha value is -2.16. The molecule has 0 radical (unpaired) electrons. The Bertz CT molecular complexity index is 388. The first-order valence-electron chi connectivity index (χ1n) is 4.31. The van der Waals surface area contributed by atoms with Gasteiger partial charge in [0.1, 0.15) is 6.29 Å². The molecule has 3 nitrogen and oxygen atoms in total. The maximum atomic E-state index is 10.9. The van der Waals surface area contributed by atoms with Gasteiger partial charge in [-0.15, -0.1) is 0 Å². The minimum atomic E-state index is -0.482. The summed E-state index contributed by atoms with van der Waals surface area (Å²) >= 11 is 0. The molecule has 0 spiro atoms. The molecule has 1 rings (SSSR count). The van der Waals surface area contributed by atoms with Crippen LogP contribution in [0.4, 0.5) is 0 Å². The highest BCUT2D eigenvalue weighted by Crippen LogP contribution is 2.04. The van der Waals surface area contributed by atoms with E-state index >= 15 is 0 Å². The van der Waals surface area contributed by atoms with Crippen LogP contribution < -0.4 is 0 Å². The topological polar surface area (TPSA) is 43.4 Å². The van der Waals surface area contributed by atoms with Crippen LogP contribution in [0.2, 0.25) is 0 Å². The zero-order valence-corrected chi connectivity index (χ0v) is 8.05. The zero-order chi connectivity index (χ0) is 11.1. The second-order valence-corrected chi connectivity index (χ2v) is 2.72. The number of rotatable bonds is 4. The number of carbonyl (C=O) groups excluding carboxylic acids is 2. The van der Waals surface area contributed by atoms with E-state index in [1.165, 1.54) is 6.08 Å². The fourth-order valence-electron chi connectivity index (χ4n) is 0.971. The maximum absolute atomic E-state index is 10.9. The Balaban J connectivity index is 2.68. The number of hydrogen-bond acceptors (Lipinski definition) is 3. The van der Waals surface area contributed by atoms with Crippen molar-refractivity contribution in [2.75, 3.05) is 0 Å². The van der Waals surface area contributed by atoms with Crippen LogP contribution in [0.3, 0.4) is 0 Å². The summed E-state index contributed by atoms with van der Waals surface area (Å²) in [5.41, 5.74) is 1.42. The Morgan fingerprint density at radius 3 is 2.33 bits per heavy atom. The molecule has 0 unspecified atom stereocenters. The summed E-state index contributed by atoms with van der Waals surface area (Å²) < 4.78 is 4.49. The number of aldehydes is 1. The summed E-state index contributed by atoms with van der Waals surface area (Å²) in [6.07, 6.45) is 4.72. The Labute approximate surface area is 87.7 Å². The monoisotopic (exact) mass is 202 g/mol. The number of esters is 1. The van der Waals surface area contributed by atoms with Gasteiger partial charge in [-0.1, -0.05) is 30.8 Å². The third-order valence-corrected chi connectivity index (χ3v) is 1.68. The van der Waals surface area contributed by atoms with Crippen molar-refractivity contribution in [3.8, 4) is 0 Å². The van der Waals surface area contributed by atoms with E-state index in [9.17, 15) is 9.59 Å².